The Morgan fingerprint density at radius 3 is 2.88 bits per heavy atom. The van der Waals surface area contributed by atoms with Crippen LogP contribution in [0, 0.1) is 19.8 Å². The number of piperidine rings is 1. The third kappa shape index (κ3) is 3.36. The van der Waals surface area contributed by atoms with Gasteiger partial charge < -0.3 is 10.1 Å². The zero-order valence-electron chi connectivity index (χ0n) is 10.6. The number of ether oxygens (including phenoxy) is 1. The van der Waals surface area contributed by atoms with E-state index < -0.39 is 0 Å². The molecule has 0 bridgehead atoms. The molecule has 1 fully saturated rings. The van der Waals surface area contributed by atoms with Gasteiger partial charge in [-0.25, -0.2) is 0 Å². The fourth-order valence-electron chi connectivity index (χ4n) is 2.35. The Morgan fingerprint density at radius 2 is 2.24 bits per heavy atom. The average Bonchev–Trinajstić information content (AvgIpc) is 2.29. The van der Waals surface area contributed by atoms with Gasteiger partial charge >= 0.3 is 0 Å². The molecule has 0 unspecified atom stereocenters. The second kappa shape index (κ2) is 5.74. The molecule has 1 N–H and O–H groups in total. The van der Waals surface area contributed by atoms with E-state index in [9.17, 15) is 0 Å². The van der Waals surface area contributed by atoms with Crippen molar-refractivity contribution in [2.24, 2.45) is 5.92 Å². The Hall–Kier alpha value is -0.730. The van der Waals surface area contributed by atoms with Gasteiger partial charge in [-0.05, 0) is 50.4 Å². The molecule has 0 amide bonds. The van der Waals surface area contributed by atoms with Gasteiger partial charge in [0.05, 0.1) is 11.6 Å². The molecule has 1 aromatic carbocycles. The summed E-state index contributed by atoms with van der Waals surface area (Å²) in [7, 11) is 0. The predicted octanol–water partition coefficient (Wildman–Crippen LogP) is 3.34. The molecule has 1 aliphatic rings. The number of nitrogens with one attached hydrogen (secondary N) is 1. The van der Waals surface area contributed by atoms with Crippen LogP contribution in [0.15, 0.2) is 12.1 Å². The van der Waals surface area contributed by atoms with Gasteiger partial charge in [-0.2, -0.15) is 0 Å². The molecule has 1 saturated heterocycles. The lowest BCUT2D eigenvalue weighted by molar-refractivity contribution is 0.217. The highest BCUT2D eigenvalue weighted by Gasteiger charge is 2.15. The smallest absolute Gasteiger partial charge is 0.140 e. The first-order valence-corrected chi connectivity index (χ1v) is 6.65. The van der Waals surface area contributed by atoms with Crippen molar-refractivity contribution < 1.29 is 4.74 Å². The van der Waals surface area contributed by atoms with Crippen molar-refractivity contribution in [3.8, 4) is 5.75 Å². The van der Waals surface area contributed by atoms with Crippen molar-refractivity contribution >= 4 is 11.6 Å². The lowest BCUT2D eigenvalue weighted by Gasteiger charge is -2.23. The van der Waals surface area contributed by atoms with Gasteiger partial charge in [0, 0.05) is 12.5 Å². The standard InChI is InChI=1S/C14H20ClNO/c1-10-6-11(2)14(13(15)7-10)17-9-12-4-3-5-16-8-12/h6-7,12,16H,3-5,8-9H2,1-2H3/t12-/m1/s1. The minimum Gasteiger partial charge on any atom is -0.491 e. The van der Waals surface area contributed by atoms with Gasteiger partial charge in [0.1, 0.15) is 5.75 Å². The fourth-order valence-corrected chi connectivity index (χ4v) is 2.73. The van der Waals surface area contributed by atoms with Crippen LogP contribution in [-0.2, 0) is 0 Å². The van der Waals surface area contributed by atoms with Crippen molar-refractivity contribution in [2.75, 3.05) is 19.7 Å². The van der Waals surface area contributed by atoms with Crippen molar-refractivity contribution in [1.29, 1.82) is 0 Å². The highest BCUT2D eigenvalue weighted by Crippen LogP contribution is 2.30. The summed E-state index contributed by atoms with van der Waals surface area (Å²) in [5, 5.41) is 4.12. The second-order valence-corrected chi connectivity index (χ2v) is 5.32. The number of benzene rings is 1. The second-order valence-electron chi connectivity index (χ2n) is 4.92. The zero-order valence-corrected chi connectivity index (χ0v) is 11.3. The molecule has 17 heavy (non-hydrogen) atoms. The Labute approximate surface area is 108 Å². The van der Waals surface area contributed by atoms with Crippen LogP contribution in [0.5, 0.6) is 5.75 Å². The molecule has 0 aromatic heterocycles. The molecular formula is C14H20ClNO. The Morgan fingerprint density at radius 1 is 1.41 bits per heavy atom. The Kier molecular flexibility index (Phi) is 4.30. The van der Waals surface area contributed by atoms with E-state index in [4.69, 9.17) is 16.3 Å². The Bertz CT molecular complexity index is 363. The summed E-state index contributed by atoms with van der Waals surface area (Å²) in [4.78, 5) is 0. The van der Waals surface area contributed by atoms with Gasteiger partial charge in [-0.1, -0.05) is 17.7 Å². The largest absolute Gasteiger partial charge is 0.491 e. The van der Waals surface area contributed by atoms with Crippen LogP contribution < -0.4 is 10.1 Å². The Balaban J connectivity index is 1.98. The van der Waals surface area contributed by atoms with Gasteiger partial charge in [0.25, 0.3) is 0 Å². The third-order valence-corrected chi connectivity index (χ3v) is 3.52. The van der Waals surface area contributed by atoms with E-state index in [0.717, 1.165) is 36.0 Å². The van der Waals surface area contributed by atoms with E-state index >= 15 is 0 Å². The first-order chi connectivity index (χ1) is 8.16. The average molecular weight is 254 g/mol. The molecule has 94 valence electrons. The van der Waals surface area contributed by atoms with E-state index in [1.807, 2.05) is 19.9 Å². The van der Waals surface area contributed by atoms with Crippen molar-refractivity contribution in [3.63, 3.8) is 0 Å². The molecule has 1 aromatic rings. The third-order valence-electron chi connectivity index (χ3n) is 3.24. The van der Waals surface area contributed by atoms with Gasteiger partial charge in [-0.15, -0.1) is 0 Å². The first kappa shape index (κ1) is 12.7. The number of hydrogen-bond donors (Lipinski definition) is 1. The van der Waals surface area contributed by atoms with Crippen LogP contribution >= 0.6 is 11.6 Å². The molecule has 3 heteroatoms. The number of aryl methyl sites for hydroxylation is 2. The SMILES string of the molecule is Cc1cc(C)c(OC[C@@H]2CCCNC2)c(Cl)c1. The van der Waals surface area contributed by atoms with Gasteiger partial charge in [0.2, 0.25) is 0 Å². The molecular weight excluding hydrogens is 234 g/mol. The zero-order chi connectivity index (χ0) is 12.3. The topological polar surface area (TPSA) is 21.3 Å². The summed E-state index contributed by atoms with van der Waals surface area (Å²) in [6, 6.07) is 4.07. The number of hydrogen-bond acceptors (Lipinski definition) is 2. The molecule has 1 atom stereocenters. The maximum absolute atomic E-state index is 6.21. The van der Waals surface area contributed by atoms with Crippen LogP contribution in [0.2, 0.25) is 5.02 Å². The monoisotopic (exact) mass is 253 g/mol. The quantitative estimate of drug-likeness (QED) is 0.892. The molecule has 0 saturated carbocycles. The van der Waals surface area contributed by atoms with E-state index in [-0.39, 0.29) is 0 Å². The first-order valence-electron chi connectivity index (χ1n) is 6.27. The summed E-state index contributed by atoms with van der Waals surface area (Å²) in [6.45, 7) is 7.06. The van der Waals surface area contributed by atoms with Crippen LogP contribution in [0.25, 0.3) is 0 Å². The summed E-state index contributed by atoms with van der Waals surface area (Å²) < 4.78 is 5.89. The summed E-state index contributed by atoms with van der Waals surface area (Å²) in [5.41, 5.74) is 2.30. The van der Waals surface area contributed by atoms with E-state index in [1.54, 1.807) is 0 Å². The minimum atomic E-state index is 0.612. The van der Waals surface area contributed by atoms with E-state index in [2.05, 4.69) is 11.4 Å². The van der Waals surface area contributed by atoms with Crippen LogP contribution in [0.1, 0.15) is 24.0 Å². The van der Waals surface area contributed by atoms with E-state index in [1.165, 1.54) is 18.4 Å². The highest BCUT2D eigenvalue weighted by molar-refractivity contribution is 6.32. The molecule has 1 aliphatic heterocycles. The van der Waals surface area contributed by atoms with Crippen molar-refractivity contribution in [1.82, 2.24) is 5.32 Å². The van der Waals surface area contributed by atoms with Crippen LogP contribution in [-0.4, -0.2) is 19.7 Å². The van der Waals surface area contributed by atoms with Crippen LogP contribution in [0.3, 0.4) is 0 Å². The van der Waals surface area contributed by atoms with Crippen molar-refractivity contribution in [3.05, 3.63) is 28.3 Å². The highest BCUT2D eigenvalue weighted by atomic mass is 35.5. The van der Waals surface area contributed by atoms with Crippen LogP contribution in [0.4, 0.5) is 0 Å². The lowest BCUT2D eigenvalue weighted by Crippen LogP contribution is -2.33. The summed E-state index contributed by atoms with van der Waals surface area (Å²) in [6.07, 6.45) is 2.49. The molecule has 2 nitrogen and oxygen atoms in total. The fraction of sp³-hybridized carbons (Fsp3) is 0.571. The molecule has 0 radical (unpaired) electrons. The number of halogens is 1. The maximum atomic E-state index is 6.21. The van der Waals surface area contributed by atoms with E-state index in [0.29, 0.717) is 5.92 Å². The number of rotatable bonds is 3. The predicted molar refractivity (Wildman–Crippen MR) is 72.0 cm³/mol. The van der Waals surface area contributed by atoms with Crippen molar-refractivity contribution in [2.45, 2.75) is 26.7 Å². The van der Waals surface area contributed by atoms with Gasteiger partial charge in [-0.3, -0.25) is 0 Å². The lowest BCUT2D eigenvalue weighted by atomic mass is 10.0. The molecule has 2 rings (SSSR count). The summed E-state index contributed by atoms with van der Waals surface area (Å²) in [5.74, 6) is 1.46. The van der Waals surface area contributed by atoms with Gasteiger partial charge in [0.15, 0.2) is 0 Å². The normalized spacial score (nSPS) is 20.3. The molecule has 0 spiro atoms. The molecule has 0 aliphatic carbocycles. The summed E-state index contributed by atoms with van der Waals surface area (Å²) >= 11 is 6.21. The minimum absolute atomic E-state index is 0.612. The maximum Gasteiger partial charge on any atom is 0.140 e. The molecule has 1 heterocycles.